The number of rotatable bonds is 6. The minimum atomic E-state index is -4.06. The van der Waals surface area contributed by atoms with Crippen molar-refractivity contribution in [1.29, 1.82) is 0 Å². The number of aromatic nitrogens is 1. The summed E-state index contributed by atoms with van der Waals surface area (Å²) < 4.78 is 53.7. The Bertz CT molecular complexity index is 1170. The topological polar surface area (TPSA) is 82.2 Å². The third-order valence-corrected chi connectivity index (χ3v) is 6.07. The molecule has 0 spiro atoms. The summed E-state index contributed by atoms with van der Waals surface area (Å²) in [6.45, 7) is 0. The quantitative estimate of drug-likeness (QED) is 0.368. The van der Waals surface area contributed by atoms with E-state index in [1.165, 1.54) is 18.2 Å². The maximum atomic E-state index is 13.4. The van der Waals surface area contributed by atoms with Crippen LogP contribution in [0.4, 0.5) is 14.5 Å². The van der Waals surface area contributed by atoms with Crippen molar-refractivity contribution >= 4 is 48.6 Å². The van der Waals surface area contributed by atoms with E-state index in [9.17, 15) is 27.3 Å². The maximum absolute atomic E-state index is 13.4. The van der Waals surface area contributed by atoms with E-state index in [1.54, 1.807) is 30.3 Å². The lowest BCUT2D eigenvalue weighted by Gasteiger charge is -2.05. The second-order valence-corrected chi connectivity index (χ2v) is 8.65. The van der Waals surface area contributed by atoms with Crippen LogP contribution in [0.25, 0.3) is 17.0 Å². The monoisotopic (exact) mass is 470 g/mol. The normalized spacial score (nSPS) is 12.3. The third-order valence-electron chi connectivity index (χ3n) is 4.02. The Hall–Kier alpha value is -2.59. The molecule has 3 rings (SSSR count). The molecular weight excluding hydrogens is 458 g/mol. The van der Waals surface area contributed by atoms with E-state index in [0.717, 1.165) is 22.3 Å². The first kappa shape index (κ1) is 20.2. The van der Waals surface area contributed by atoms with Gasteiger partial charge in [0, 0.05) is 16.7 Å². The number of benzene rings is 2. The second kappa shape index (κ2) is 7.80. The zero-order valence-electron chi connectivity index (χ0n) is 14.1. The van der Waals surface area contributed by atoms with Gasteiger partial charge in [0.05, 0.1) is 27.1 Å². The van der Waals surface area contributed by atoms with Crippen LogP contribution in [0, 0.1) is 10.1 Å². The Morgan fingerprint density at radius 1 is 1.18 bits per heavy atom. The minimum absolute atomic E-state index is 0.151. The number of hydrogen-bond acceptors (Lipinski definition) is 4. The molecule has 6 nitrogen and oxygen atoms in total. The summed E-state index contributed by atoms with van der Waals surface area (Å²) in [4.78, 5) is 10.4. The summed E-state index contributed by atoms with van der Waals surface area (Å²) in [7, 11) is -4.06. The molecule has 0 bridgehead atoms. The van der Waals surface area contributed by atoms with Crippen molar-refractivity contribution in [2.24, 2.45) is 0 Å². The van der Waals surface area contributed by atoms with E-state index < -0.39 is 38.4 Å². The molecule has 0 saturated heterocycles. The maximum Gasteiger partial charge on any atom is 0.279 e. The Balaban J connectivity index is 2.03. The molecule has 0 atom stereocenters. The van der Waals surface area contributed by atoms with Gasteiger partial charge in [-0.15, -0.1) is 0 Å². The van der Waals surface area contributed by atoms with E-state index in [4.69, 9.17) is 0 Å². The fourth-order valence-electron chi connectivity index (χ4n) is 2.78. The molecule has 1 heterocycles. The van der Waals surface area contributed by atoms with Gasteiger partial charge >= 0.3 is 0 Å². The SMILES string of the molecule is O=[N+]([O-])c1cccc2c1c(C(F)F)cn2S(=O)(=O)CC=Cc1ccc(Br)cc1. The van der Waals surface area contributed by atoms with Gasteiger partial charge in [0.25, 0.3) is 12.1 Å². The van der Waals surface area contributed by atoms with Crippen LogP contribution in [0.1, 0.15) is 17.6 Å². The van der Waals surface area contributed by atoms with Crippen molar-refractivity contribution in [3.63, 3.8) is 0 Å². The van der Waals surface area contributed by atoms with Gasteiger partial charge in [-0.25, -0.2) is 21.2 Å². The van der Waals surface area contributed by atoms with Gasteiger partial charge in [-0.05, 0) is 23.8 Å². The molecule has 146 valence electrons. The molecular formula is C18H13BrF2N2O4S. The Labute approximate surface area is 167 Å². The van der Waals surface area contributed by atoms with Crippen molar-refractivity contribution in [2.75, 3.05) is 5.75 Å². The predicted molar refractivity (Wildman–Crippen MR) is 106 cm³/mol. The summed E-state index contributed by atoms with van der Waals surface area (Å²) in [5.74, 6) is -0.460. The first-order valence-electron chi connectivity index (χ1n) is 7.92. The van der Waals surface area contributed by atoms with E-state index in [1.807, 2.05) is 0 Å². The fraction of sp³-hybridized carbons (Fsp3) is 0.111. The number of hydrogen-bond donors (Lipinski definition) is 0. The predicted octanol–water partition coefficient (Wildman–Crippen LogP) is 5.14. The number of fused-ring (bicyclic) bond motifs is 1. The first-order chi connectivity index (χ1) is 13.2. The van der Waals surface area contributed by atoms with Crippen LogP contribution in [-0.4, -0.2) is 23.1 Å². The van der Waals surface area contributed by atoms with Crippen LogP contribution in [0.5, 0.6) is 0 Å². The third kappa shape index (κ3) is 3.97. The summed E-state index contributed by atoms with van der Waals surface area (Å²) in [5.41, 5.74) is -0.642. The van der Waals surface area contributed by atoms with Crippen LogP contribution in [0.3, 0.4) is 0 Å². The zero-order chi connectivity index (χ0) is 20.5. The van der Waals surface area contributed by atoms with Crippen molar-refractivity contribution in [3.05, 3.63) is 80.5 Å². The second-order valence-electron chi connectivity index (χ2n) is 5.84. The van der Waals surface area contributed by atoms with E-state index >= 15 is 0 Å². The van der Waals surface area contributed by atoms with Gasteiger partial charge in [0.15, 0.2) is 0 Å². The average Bonchev–Trinajstić information content (AvgIpc) is 3.04. The molecule has 1 aromatic heterocycles. The molecule has 0 radical (unpaired) electrons. The highest BCUT2D eigenvalue weighted by Crippen LogP contribution is 2.36. The van der Waals surface area contributed by atoms with Crippen molar-refractivity contribution in [3.8, 4) is 0 Å². The van der Waals surface area contributed by atoms with Gasteiger partial charge in [0.1, 0.15) is 0 Å². The summed E-state index contributed by atoms with van der Waals surface area (Å²) >= 11 is 3.30. The van der Waals surface area contributed by atoms with E-state index in [-0.39, 0.29) is 10.9 Å². The summed E-state index contributed by atoms with van der Waals surface area (Å²) in [6, 6.07) is 10.7. The van der Waals surface area contributed by atoms with Crippen molar-refractivity contribution < 1.29 is 22.1 Å². The lowest BCUT2D eigenvalue weighted by Crippen LogP contribution is -2.14. The van der Waals surface area contributed by atoms with Gasteiger partial charge in [-0.1, -0.05) is 46.3 Å². The highest BCUT2D eigenvalue weighted by Gasteiger charge is 2.27. The number of halogens is 3. The number of nitro benzene ring substituents is 1. The average molecular weight is 471 g/mol. The number of alkyl halides is 2. The molecule has 0 aliphatic carbocycles. The van der Waals surface area contributed by atoms with Crippen molar-refractivity contribution in [2.45, 2.75) is 6.43 Å². The zero-order valence-corrected chi connectivity index (χ0v) is 16.5. The lowest BCUT2D eigenvalue weighted by molar-refractivity contribution is -0.383. The Morgan fingerprint density at radius 2 is 1.86 bits per heavy atom. The molecule has 2 aromatic carbocycles. The first-order valence-corrected chi connectivity index (χ1v) is 10.3. The van der Waals surface area contributed by atoms with Gasteiger partial charge in [-0.2, -0.15) is 0 Å². The van der Waals surface area contributed by atoms with Gasteiger partial charge in [0.2, 0.25) is 10.0 Å². The lowest BCUT2D eigenvalue weighted by atomic mass is 10.1. The Morgan fingerprint density at radius 3 is 2.46 bits per heavy atom. The van der Waals surface area contributed by atoms with Crippen LogP contribution in [0.15, 0.2) is 59.2 Å². The van der Waals surface area contributed by atoms with Crippen LogP contribution < -0.4 is 0 Å². The van der Waals surface area contributed by atoms with Crippen LogP contribution >= 0.6 is 15.9 Å². The number of non-ortho nitro benzene ring substituents is 1. The van der Waals surface area contributed by atoms with E-state index in [2.05, 4.69) is 15.9 Å². The highest BCUT2D eigenvalue weighted by atomic mass is 79.9. The fourth-order valence-corrected chi connectivity index (χ4v) is 4.27. The van der Waals surface area contributed by atoms with Crippen molar-refractivity contribution in [1.82, 2.24) is 3.97 Å². The number of nitrogens with zero attached hydrogens (tertiary/aromatic N) is 2. The largest absolute Gasteiger partial charge is 0.279 e. The molecule has 3 aromatic rings. The molecule has 28 heavy (non-hydrogen) atoms. The molecule has 0 unspecified atom stereocenters. The molecule has 0 fully saturated rings. The molecule has 0 amide bonds. The molecule has 0 saturated carbocycles. The molecule has 0 N–H and O–H groups in total. The van der Waals surface area contributed by atoms with E-state index in [0.29, 0.717) is 3.97 Å². The smallest absolute Gasteiger partial charge is 0.258 e. The van der Waals surface area contributed by atoms with Gasteiger partial charge < -0.3 is 0 Å². The summed E-state index contributed by atoms with van der Waals surface area (Å²) in [5, 5.41) is 10.8. The highest BCUT2D eigenvalue weighted by molar-refractivity contribution is 9.10. The van der Waals surface area contributed by atoms with Crippen LogP contribution in [-0.2, 0) is 10.0 Å². The summed E-state index contributed by atoms with van der Waals surface area (Å²) in [6.07, 6.45) is 0.680. The molecule has 10 heteroatoms. The minimum Gasteiger partial charge on any atom is -0.258 e. The van der Waals surface area contributed by atoms with Gasteiger partial charge in [-0.3, -0.25) is 10.1 Å². The molecule has 0 aliphatic heterocycles. The van der Waals surface area contributed by atoms with Crippen LogP contribution in [0.2, 0.25) is 0 Å². The molecule has 0 aliphatic rings. The number of nitro groups is 1. The standard InChI is InChI=1S/C18H13BrF2N2O4S/c19-13-8-6-12(7-9-13)3-2-10-28(26,27)22-11-14(18(20)21)17-15(22)4-1-5-16(17)23(24)25/h1-9,11,18H,10H2. The Kier molecular flexibility index (Phi) is 5.61.